The lowest BCUT2D eigenvalue weighted by Crippen LogP contribution is -2.23. The van der Waals surface area contributed by atoms with Crippen LogP contribution in [0, 0.1) is 26.2 Å². The summed E-state index contributed by atoms with van der Waals surface area (Å²) in [5.41, 5.74) is 10.4. The Morgan fingerprint density at radius 3 is 2.21 bits per heavy atom. The number of carbonyl (C=O) groups is 2. The number of rotatable bonds is 13. The molecule has 48 heavy (non-hydrogen) atoms. The lowest BCUT2D eigenvalue weighted by Gasteiger charge is -2.09. The Labute approximate surface area is 280 Å². The second kappa shape index (κ2) is 15.3. The van der Waals surface area contributed by atoms with Crippen molar-refractivity contribution in [3.05, 3.63) is 130 Å². The number of aliphatic carboxylic acids is 1. The van der Waals surface area contributed by atoms with E-state index in [0.29, 0.717) is 12.1 Å². The number of aliphatic hydroxyl groups excluding tert-OH is 1. The van der Waals surface area contributed by atoms with Crippen molar-refractivity contribution in [2.75, 3.05) is 6.54 Å². The normalized spacial score (nSPS) is 11.8. The molecular weight excluding hydrogens is 600 g/mol. The highest BCUT2D eigenvalue weighted by atomic mass is 16.4. The van der Waals surface area contributed by atoms with Crippen molar-refractivity contribution in [3.63, 3.8) is 0 Å². The molecule has 8 nitrogen and oxygen atoms in total. The first-order chi connectivity index (χ1) is 23.1. The number of aliphatic hydroxyl groups is 1. The van der Waals surface area contributed by atoms with Gasteiger partial charge in [-0.3, -0.25) is 4.79 Å². The minimum absolute atomic E-state index is 0.0369. The number of hydrogen-bond acceptors (Lipinski definition) is 5. The molecule has 0 aliphatic carbocycles. The maximum atomic E-state index is 12.4. The highest BCUT2D eigenvalue weighted by Gasteiger charge is 2.20. The van der Waals surface area contributed by atoms with Crippen LogP contribution in [0.5, 0.6) is 0 Å². The van der Waals surface area contributed by atoms with Crippen molar-refractivity contribution in [1.82, 2.24) is 15.3 Å². The zero-order chi connectivity index (χ0) is 34.2. The van der Waals surface area contributed by atoms with Crippen LogP contribution in [0.1, 0.15) is 46.2 Å². The van der Waals surface area contributed by atoms with E-state index < -0.39 is 12.1 Å². The van der Waals surface area contributed by atoms with Gasteiger partial charge >= 0.3 is 5.97 Å². The number of nitrogens with zero attached hydrogens (tertiary/aromatic N) is 1. The fraction of sp³-hybridized carbons (Fsp3) is 0.200. The molecule has 1 heterocycles. The monoisotopic (exact) mass is 640 g/mol. The van der Waals surface area contributed by atoms with Gasteiger partial charge < -0.3 is 25.9 Å². The van der Waals surface area contributed by atoms with Gasteiger partial charge in [-0.1, -0.05) is 96.6 Å². The number of carboxylic acid groups (broad SMARTS) is 1. The van der Waals surface area contributed by atoms with E-state index in [1.54, 1.807) is 24.3 Å². The van der Waals surface area contributed by atoms with E-state index in [1.807, 2.05) is 54.6 Å². The molecule has 1 atom stereocenters. The summed E-state index contributed by atoms with van der Waals surface area (Å²) in [6.45, 7) is 6.82. The summed E-state index contributed by atoms with van der Waals surface area (Å²) in [5.74, 6) is -0.749. The molecule has 0 fully saturated rings. The smallest absolute Gasteiger partial charge is 0.332 e. The quantitative estimate of drug-likeness (QED) is 0.0522. The van der Waals surface area contributed by atoms with Crippen LogP contribution in [0.2, 0.25) is 0 Å². The van der Waals surface area contributed by atoms with Crippen LogP contribution >= 0.6 is 0 Å². The average molecular weight is 641 g/mol. The standard InChI is InChI=1S/C40H40N4O4/c1-25-22-26(2)36(27(3)23-25)39-43-37(38(44-39)32-18-16-30(17-19-32)33(41)24-34(45)40(47)48)31-14-11-29(12-15-31)13-20-35(46)42-21-7-10-28-8-5-4-6-9-28/h4-6,8-9,11-20,22-23,34,41,45H,7,10,21,24H2,1-3H3,(H,42,46)(H,43,44)(H,47,48)/b20-13+,41-33?. The molecule has 4 aromatic carbocycles. The molecule has 8 heteroatoms. The van der Waals surface area contributed by atoms with Gasteiger partial charge in [0, 0.05) is 41.4 Å². The first kappa shape index (κ1) is 33.8. The number of amides is 1. The number of carbonyl (C=O) groups excluding carboxylic acids is 1. The van der Waals surface area contributed by atoms with Gasteiger partial charge in [0.05, 0.1) is 11.4 Å². The second-order valence-electron chi connectivity index (χ2n) is 12.0. The zero-order valence-corrected chi connectivity index (χ0v) is 27.4. The van der Waals surface area contributed by atoms with Gasteiger partial charge in [-0.2, -0.15) is 0 Å². The lowest BCUT2D eigenvalue weighted by molar-refractivity contribution is -0.146. The number of nitrogens with one attached hydrogen (secondary N) is 3. The topological polar surface area (TPSA) is 139 Å². The SMILES string of the molecule is Cc1cc(C)c(-c2nc(-c3ccc(C(=N)CC(O)C(=O)O)cc3)c(-c3ccc(/C=C/C(=O)NCCCc4ccccc4)cc3)[nH]2)c(C)c1. The summed E-state index contributed by atoms with van der Waals surface area (Å²) in [5, 5.41) is 29.9. The maximum absolute atomic E-state index is 12.4. The van der Waals surface area contributed by atoms with Crippen molar-refractivity contribution < 1.29 is 19.8 Å². The number of imidazole rings is 1. The van der Waals surface area contributed by atoms with E-state index >= 15 is 0 Å². The summed E-state index contributed by atoms with van der Waals surface area (Å²) in [6.07, 6.45) is 3.22. The van der Waals surface area contributed by atoms with Crippen molar-refractivity contribution in [2.45, 2.75) is 46.1 Å². The number of aromatic nitrogens is 2. The van der Waals surface area contributed by atoms with Gasteiger partial charge in [0.1, 0.15) is 5.82 Å². The van der Waals surface area contributed by atoms with Gasteiger partial charge in [0.25, 0.3) is 0 Å². The zero-order valence-electron chi connectivity index (χ0n) is 27.4. The maximum Gasteiger partial charge on any atom is 0.332 e. The summed E-state index contributed by atoms with van der Waals surface area (Å²) in [4.78, 5) is 32.1. The second-order valence-corrected chi connectivity index (χ2v) is 12.0. The van der Waals surface area contributed by atoms with Crippen LogP contribution in [0.25, 0.3) is 40.0 Å². The van der Waals surface area contributed by atoms with E-state index in [9.17, 15) is 14.7 Å². The molecule has 0 saturated heterocycles. The fourth-order valence-electron chi connectivity index (χ4n) is 5.83. The molecule has 0 aliphatic rings. The van der Waals surface area contributed by atoms with Crippen molar-refractivity contribution in [3.8, 4) is 33.9 Å². The van der Waals surface area contributed by atoms with E-state index in [2.05, 4.69) is 55.3 Å². The molecule has 1 unspecified atom stereocenters. The molecule has 0 radical (unpaired) electrons. The van der Waals surface area contributed by atoms with E-state index in [4.69, 9.17) is 15.5 Å². The number of aryl methyl sites for hydroxylation is 4. The summed E-state index contributed by atoms with van der Waals surface area (Å²) >= 11 is 0. The molecule has 0 bridgehead atoms. The summed E-state index contributed by atoms with van der Waals surface area (Å²) in [6, 6.07) is 29.6. The van der Waals surface area contributed by atoms with Crippen LogP contribution in [-0.2, 0) is 16.0 Å². The molecule has 0 aliphatic heterocycles. The fourth-order valence-corrected chi connectivity index (χ4v) is 5.83. The number of H-pyrrole nitrogens is 1. The van der Waals surface area contributed by atoms with E-state index in [1.165, 1.54) is 11.1 Å². The number of hydrogen-bond donors (Lipinski definition) is 5. The Kier molecular flexibility index (Phi) is 10.8. The van der Waals surface area contributed by atoms with Crippen molar-refractivity contribution >= 4 is 23.7 Å². The highest BCUT2D eigenvalue weighted by Crippen LogP contribution is 2.36. The summed E-state index contributed by atoms with van der Waals surface area (Å²) in [7, 11) is 0. The van der Waals surface area contributed by atoms with Gasteiger partial charge in [-0.05, 0) is 67.5 Å². The van der Waals surface area contributed by atoms with Crippen LogP contribution < -0.4 is 5.32 Å². The predicted octanol–water partition coefficient (Wildman–Crippen LogP) is 7.30. The van der Waals surface area contributed by atoms with Crippen LogP contribution in [0.4, 0.5) is 0 Å². The first-order valence-corrected chi connectivity index (χ1v) is 16.0. The van der Waals surface area contributed by atoms with Crippen molar-refractivity contribution in [2.24, 2.45) is 0 Å². The Morgan fingerprint density at radius 2 is 1.56 bits per heavy atom. The van der Waals surface area contributed by atoms with Crippen LogP contribution in [-0.4, -0.2) is 50.4 Å². The summed E-state index contributed by atoms with van der Waals surface area (Å²) < 4.78 is 0. The molecule has 1 amide bonds. The Hall–Kier alpha value is -5.60. The molecule has 0 spiro atoms. The van der Waals surface area contributed by atoms with Gasteiger partial charge in [-0.25, -0.2) is 9.78 Å². The van der Waals surface area contributed by atoms with Gasteiger partial charge in [-0.15, -0.1) is 0 Å². The Bertz CT molecular complexity index is 1920. The van der Waals surface area contributed by atoms with Gasteiger partial charge in [0.2, 0.25) is 5.91 Å². The van der Waals surface area contributed by atoms with Crippen LogP contribution in [0.3, 0.4) is 0 Å². The average Bonchev–Trinajstić information content (AvgIpc) is 3.50. The number of aromatic amines is 1. The molecule has 5 aromatic rings. The van der Waals surface area contributed by atoms with E-state index in [0.717, 1.165) is 63.4 Å². The molecule has 1 aromatic heterocycles. The molecule has 244 valence electrons. The Balaban J connectivity index is 1.37. The predicted molar refractivity (Wildman–Crippen MR) is 191 cm³/mol. The highest BCUT2D eigenvalue weighted by molar-refractivity contribution is 6.00. The molecule has 5 N–H and O–H groups in total. The van der Waals surface area contributed by atoms with Gasteiger partial charge in [0.15, 0.2) is 6.10 Å². The minimum Gasteiger partial charge on any atom is -0.479 e. The third-order valence-electron chi connectivity index (χ3n) is 8.22. The minimum atomic E-state index is -1.63. The molecular formula is C40H40N4O4. The number of carboxylic acids is 1. The van der Waals surface area contributed by atoms with E-state index in [-0.39, 0.29) is 18.0 Å². The molecule has 0 saturated carbocycles. The Morgan fingerprint density at radius 1 is 0.917 bits per heavy atom. The molecule has 5 rings (SSSR count). The largest absolute Gasteiger partial charge is 0.479 e. The number of benzene rings is 4. The lowest BCUT2D eigenvalue weighted by atomic mass is 9.99. The first-order valence-electron chi connectivity index (χ1n) is 16.0. The third kappa shape index (κ3) is 8.40. The van der Waals surface area contributed by atoms with Crippen molar-refractivity contribution in [1.29, 1.82) is 5.41 Å². The third-order valence-corrected chi connectivity index (χ3v) is 8.22. The van der Waals surface area contributed by atoms with Crippen LogP contribution in [0.15, 0.2) is 97.1 Å².